The lowest BCUT2D eigenvalue weighted by molar-refractivity contribution is -0.131. The first-order valence-corrected chi connectivity index (χ1v) is 10.9. The highest BCUT2D eigenvalue weighted by Gasteiger charge is 2.51. The van der Waals surface area contributed by atoms with Gasteiger partial charge in [0.1, 0.15) is 5.54 Å². The van der Waals surface area contributed by atoms with Gasteiger partial charge in [0.05, 0.1) is 22.1 Å². The van der Waals surface area contributed by atoms with E-state index in [-0.39, 0.29) is 17.8 Å². The molecule has 1 aliphatic heterocycles. The largest absolute Gasteiger partial charge is 0.352 e. The van der Waals surface area contributed by atoms with Crippen LogP contribution in [0.4, 0.5) is 4.79 Å². The summed E-state index contributed by atoms with van der Waals surface area (Å²) in [6.07, 6.45) is 3.85. The molecule has 0 unspecified atom stereocenters. The summed E-state index contributed by atoms with van der Waals surface area (Å²) in [6, 6.07) is 6.78. The molecule has 1 saturated heterocycles. The van der Waals surface area contributed by atoms with E-state index in [0.29, 0.717) is 42.9 Å². The second-order valence-corrected chi connectivity index (χ2v) is 8.61. The lowest BCUT2D eigenvalue weighted by Gasteiger charge is -2.20. The molecule has 1 spiro atoms. The molecule has 1 aromatic heterocycles. The van der Waals surface area contributed by atoms with Gasteiger partial charge in [0, 0.05) is 18.7 Å². The number of carbonyl (C=O) groups is 3. The Morgan fingerprint density at radius 1 is 1.19 bits per heavy atom. The van der Waals surface area contributed by atoms with Crippen LogP contribution in [0.15, 0.2) is 24.3 Å². The standard InChI is InChI=1S/C22H26ClN5O3/c1-14-18(23)15(2)28(26-14)17-8-6-16(7-9-17)19(29)24-12-5-13-27-20(30)22(25-21(27)31)10-3-4-11-22/h6-9H,3-5,10-13H2,1-2H3,(H,24,29)(H,25,31). The van der Waals surface area contributed by atoms with E-state index in [0.717, 1.165) is 29.9 Å². The quantitative estimate of drug-likeness (QED) is 0.529. The van der Waals surface area contributed by atoms with Crippen molar-refractivity contribution in [3.63, 3.8) is 0 Å². The molecule has 0 bridgehead atoms. The minimum Gasteiger partial charge on any atom is -0.352 e. The topological polar surface area (TPSA) is 96.3 Å². The van der Waals surface area contributed by atoms with Crippen molar-refractivity contribution in [1.29, 1.82) is 0 Å². The van der Waals surface area contributed by atoms with Crippen molar-refractivity contribution in [1.82, 2.24) is 25.3 Å². The molecule has 8 nitrogen and oxygen atoms in total. The maximum Gasteiger partial charge on any atom is 0.325 e. The second kappa shape index (κ2) is 8.34. The number of halogens is 1. The predicted octanol–water partition coefficient (Wildman–Crippen LogP) is 3.13. The number of aromatic nitrogens is 2. The Bertz CT molecular complexity index is 1020. The lowest BCUT2D eigenvalue weighted by Crippen LogP contribution is -2.44. The monoisotopic (exact) mass is 443 g/mol. The minimum absolute atomic E-state index is 0.124. The van der Waals surface area contributed by atoms with Gasteiger partial charge in [-0.05, 0) is 57.4 Å². The van der Waals surface area contributed by atoms with Gasteiger partial charge in [-0.2, -0.15) is 5.10 Å². The van der Waals surface area contributed by atoms with Crippen LogP contribution in [0.3, 0.4) is 0 Å². The van der Waals surface area contributed by atoms with Gasteiger partial charge in [-0.3, -0.25) is 14.5 Å². The number of nitrogens with zero attached hydrogens (tertiary/aromatic N) is 3. The first-order chi connectivity index (χ1) is 14.8. The summed E-state index contributed by atoms with van der Waals surface area (Å²) in [7, 11) is 0. The van der Waals surface area contributed by atoms with Crippen LogP contribution in [0.1, 0.15) is 53.8 Å². The number of amides is 4. The number of hydrogen-bond acceptors (Lipinski definition) is 4. The fourth-order valence-electron chi connectivity index (χ4n) is 4.37. The molecule has 4 rings (SSSR count). The molecule has 1 aromatic carbocycles. The van der Waals surface area contributed by atoms with Gasteiger partial charge in [-0.15, -0.1) is 0 Å². The third kappa shape index (κ3) is 3.92. The van der Waals surface area contributed by atoms with E-state index in [1.165, 1.54) is 4.90 Å². The molecular weight excluding hydrogens is 418 g/mol. The average Bonchev–Trinajstić information content (AvgIpc) is 3.40. The zero-order valence-electron chi connectivity index (χ0n) is 17.7. The number of nitrogens with one attached hydrogen (secondary N) is 2. The fourth-order valence-corrected chi connectivity index (χ4v) is 4.48. The van der Waals surface area contributed by atoms with Crippen molar-refractivity contribution < 1.29 is 14.4 Å². The first kappa shape index (κ1) is 21.4. The fraction of sp³-hybridized carbons (Fsp3) is 0.455. The van der Waals surface area contributed by atoms with E-state index >= 15 is 0 Å². The molecule has 2 fully saturated rings. The van der Waals surface area contributed by atoms with E-state index < -0.39 is 5.54 Å². The van der Waals surface area contributed by atoms with Crippen molar-refractivity contribution in [2.24, 2.45) is 0 Å². The summed E-state index contributed by atoms with van der Waals surface area (Å²) in [6.45, 7) is 4.41. The van der Waals surface area contributed by atoms with E-state index in [4.69, 9.17) is 11.6 Å². The summed E-state index contributed by atoms with van der Waals surface area (Å²) < 4.78 is 1.74. The summed E-state index contributed by atoms with van der Waals surface area (Å²) in [5.74, 6) is -0.330. The second-order valence-electron chi connectivity index (χ2n) is 8.23. The van der Waals surface area contributed by atoms with E-state index in [1.807, 2.05) is 26.0 Å². The molecule has 0 radical (unpaired) electrons. The van der Waals surface area contributed by atoms with Crippen LogP contribution in [0, 0.1) is 13.8 Å². The van der Waals surface area contributed by atoms with Crippen molar-refractivity contribution in [3.05, 3.63) is 46.2 Å². The number of benzene rings is 1. The zero-order valence-corrected chi connectivity index (χ0v) is 18.5. The molecule has 0 atom stereocenters. The highest BCUT2D eigenvalue weighted by atomic mass is 35.5. The Labute approximate surface area is 185 Å². The number of carbonyl (C=O) groups excluding carboxylic acids is 3. The van der Waals surface area contributed by atoms with Crippen LogP contribution < -0.4 is 10.6 Å². The van der Waals surface area contributed by atoms with Crippen molar-refractivity contribution in [2.45, 2.75) is 51.5 Å². The summed E-state index contributed by atoms with van der Waals surface area (Å²) >= 11 is 6.20. The van der Waals surface area contributed by atoms with Crippen LogP contribution >= 0.6 is 11.6 Å². The molecule has 1 aliphatic carbocycles. The third-order valence-corrected chi connectivity index (χ3v) is 6.67. The lowest BCUT2D eigenvalue weighted by atomic mass is 9.98. The Balaban J connectivity index is 1.29. The van der Waals surface area contributed by atoms with Crippen molar-refractivity contribution in [3.8, 4) is 5.69 Å². The normalized spacial score (nSPS) is 17.5. The van der Waals surface area contributed by atoms with Crippen molar-refractivity contribution >= 4 is 29.4 Å². The summed E-state index contributed by atoms with van der Waals surface area (Å²) in [5.41, 5.74) is 2.26. The zero-order chi connectivity index (χ0) is 22.2. The molecular formula is C22H26ClN5O3. The Morgan fingerprint density at radius 2 is 1.87 bits per heavy atom. The third-order valence-electron chi connectivity index (χ3n) is 6.12. The first-order valence-electron chi connectivity index (χ1n) is 10.6. The molecule has 4 amide bonds. The van der Waals surface area contributed by atoms with Gasteiger partial charge in [-0.1, -0.05) is 24.4 Å². The summed E-state index contributed by atoms with van der Waals surface area (Å²) in [4.78, 5) is 38.5. The highest BCUT2D eigenvalue weighted by molar-refractivity contribution is 6.31. The molecule has 164 valence electrons. The van der Waals surface area contributed by atoms with Gasteiger partial charge in [0.15, 0.2) is 0 Å². The van der Waals surface area contributed by atoms with Crippen LogP contribution in [-0.2, 0) is 4.79 Å². The molecule has 1 saturated carbocycles. The molecule has 9 heteroatoms. The van der Waals surface area contributed by atoms with Gasteiger partial charge < -0.3 is 10.6 Å². The Hall–Kier alpha value is -2.87. The number of hydrogen-bond donors (Lipinski definition) is 2. The maximum absolute atomic E-state index is 12.6. The molecule has 2 aliphatic rings. The summed E-state index contributed by atoms with van der Waals surface area (Å²) in [5, 5.41) is 10.8. The number of aryl methyl sites for hydroxylation is 1. The van der Waals surface area contributed by atoms with Gasteiger partial charge in [0.2, 0.25) is 0 Å². The van der Waals surface area contributed by atoms with E-state index in [9.17, 15) is 14.4 Å². The van der Waals surface area contributed by atoms with Crippen LogP contribution in [0.5, 0.6) is 0 Å². The molecule has 2 N–H and O–H groups in total. The van der Waals surface area contributed by atoms with E-state index in [1.54, 1.807) is 16.8 Å². The van der Waals surface area contributed by atoms with E-state index in [2.05, 4.69) is 15.7 Å². The molecule has 2 heterocycles. The molecule has 2 aromatic rings. The Kier molecular flexibility index (Phi) is 5.75. The van der Waals surface area contributed by atoms with Gasteiger partial charge in [0.25, 0.3) is 11.8 Å². The van der Waals surface area contributed by atoms with Gasteiger partial charge >= 0.3 is 6.03 Å². The van der Waals surface area contributed by atoms with Crippen LogP contribution in [0.25, 0.3) is 5.69 Å². The Morgan fingerprint density at radius 3 is 2.48 bits per heavy atom. The van der Waals surface area contributed by atoms with Crippen LogP contribution in [-0.4, -0.2) is 51.2 Å². The number of imide groups is 1. The molecule has 31 heavy (non-hydrogen) atoms. The number of urea groups is 1. The smallest absolute Gasteiger partial charge is 0.325 e. The predicted molar refractivity (Wildman–Crippen MR) is 116 cm³/mol. The van der Waals surface area contributed by atoms with Gasteiger partial charge in [-0.25, -0.2) is 9.48 Å². The highest BCUT2D eigenvalue weighted by Crippen LogP contribution is 2.35. The number of rotatable bonds is 6. The van der Waals surface area contributed by atoms with Crippen LogP contribution in [0.2, 0.25) is 5.02 Å². The average molecular weight is 444 g/mol. The minimum atomic E-state index is -0.683. The maximum atomic E-state index is 12.6. The SMILES string of the molecule is Cc1nn(-c2ccc(C(=O)NCCCN3C(=O)NC4(CCCC4)C3=O)cc2)c(C)c1Cl. The van der Waals surface area contributed by atoms with Crippen molar-refractivity contribution in [2.75, 3.05) is 13.1 Å².